The Balaban J connectivity index is 2.13. The van der Waals surface area contributed by atoms with Crippen LogP contribution in [0.3, 0.4) is 0 Å². The van der Waals surface area contributed by atoms with Crippen molar-refractivity contribution in [1.29, 1.82) is 10.5 Å². The van der Waals surface area contributed by atoms with Gasteiger partial charge >= 0.3 is 0 Å². The predicted octanol–water partition coefficient (Wildman–Crippen LogP) is 4.42. The number of nitrogens with one attached hydrogen (secondary N) is 1. The van der Waals surface area contributed by atoms with E-state index in [2.05, 4.69) is 35.8 Å². The summed E-state index contributed by atoms with van der Waals surface area (Å²) >= 11 is 1.72. The molecule has 0 spiro atoms. The molecule has 1 N–H and O–H groups in total. The van der Waals surface area contributed by atoms with Gasteiger partial charge in [0.2, 0.25) is 0 Å². The van der Waals surface area contributed by atoms with E-state index in [1.54, 1.807) is 23.9 Å². The van der Waals surface area contributed by atoms with Gasteiger partial charge in [-0.15, -0.1) is 11.8 Å². The van der Waals surface area contributed by atoms with E-state index in [0.29, 0.717) is 0 Å². The molecule has 0 radical (unpaired) electrons. The normalized spacial score (nSPS) is 9.29. The summed E-state index contributed by atoms with van der Waals surface area (Å²) in [6.45, 7) is 0. The minimum atomic E-state index is 0.0479. The van der Waals surface area contributed by atoms with Gasteiger partial charge in [0.05, 0.1) is 0 Å². The Bertz CT molecular complexity index is 701. The smallest absolute Gasteiger partial charge is 0.145 e. The number of hydrogen-bond donors (Lipinski definition) is 1. The maximum absolute atomic E-state index is 8.66. The van der Waals surface area contributed by atoms with Crippen LogP contribution in [0.4, 0.5) is 5.69 Å². The lowest BCUT2D eigenvalue weighted by atomic mass is 10.1. The van der Waals surface area contributed by atoms with E-state index in [4.69, 9.17) is 10.5 Å². The molecule has 0 bridgehead atoms. The highest BCUT2D eigenvalue weighted by atomic mass is 32.2. The minimum absolute atomic E-state index is 0.0479. The first kappa shape index (κ1) is 14.7. The topological polar surface area (TPSA) is 59.6 Å². The van der Waals surface area contributed by atoms with Crippen molar-refractivity contribution < 1.29 is 0 Å². The van der Waals surface area contributed by atoms with Crippen molar-refractivity contribution in [2.75, 3.05) is 11.6 Å². The summed E-state index contributed by atoms with van der Waals surface area (Å²) in [7, 11) is 0. The van der Waals surface area contributed by atoms with Crippen molar-refractivity contribution in [1.82, 2.24) is 0 Å². The molecule has 0 atom stereocenters. The minimum Gasteiger partial charge on any atom is -0.360 e. The Morgan fingerprint density at radius 2 is 1.48 bits per heavy atom. The van der Waals surface area contributed by atoms with Crippen molar-refractivity contribution >= 4 is 17.4 Å². The first-order chi connectivity index (χ1) is 10.3. The lowest BCUT2D eigenvalue weighted by Gasteiger charge is -2.05. The van der Waals surface area contributed by atoms with Crippen LogP contribution in [0.5, 0.6) is 0 Å². The van der Waals surface area contributed by atoms with Gasteiger partial charge in [-0.1, -0.05) is 24.3 Å². The van der Waals surface area contributed by atoms with Crippen molar-refractivity contribution in [3.63, 3.8) is 0 Å². The maximum atomic E-state index is 8.66. The standard InChI is InChI=1S/C17H13N3S/c1-21-17-8-4-15(5-9-17)14-2-6-16(7-3-14)20-12-13(10-18)11-19/h2-9,12,20H,1H3. The third-order valence-corrected chi connectivity index (χ3v) is 3.68. The number of thioether (sulfide) groups is 1. The van der Waals surface area contributed by atoms with E-state index in [1.165, 1.54) is 11.1 Å². The van der Waals surface area contributed by atoms with Crippen LogP contribution in [-0.4, -0.2) is 6.26 Å². The van der Waals surface area contributed by atoms with Crippen molar-refractivity contribution in [2.24, 2.45) is 0 Å². The van der Waals surface area contributed by atoms with E-state index in [0.717, 1.165) is 16.8 Å². The van der Waals surface area contributed by atoms with E-state index < -0.39 is 0 Å². The van der Waals surface area contributed by atoms with Gasteiger partial charge in [-0.05, 0) is 41.6 Å². The van der Waals surface area contributed by atoms with E-state index in [-0.39, 0.29) is 5.57 Å². The Labute approximate surface area is 128 Å². The molecule has 0 heterocycles. The first-order valence-electron chi connectivity index (χ1n) is 6.28. The van der Waals surface area contributed by atoms with Gasteiger partial charge in [0.15, 0.2) is 0 Å². The average molecular weight is 291 g/mol. The highest BCUT2D eigenvalue weighted by Gasteiger charge is 1.99. The second kappa shape index (κ2) is 7.19. The summed E-state index contributed by atoms with van der Waals surface area (Å²) in [5.74, 6) is 0. The Morgan fingerprint density at radius 3 is 1.95 bits per heavy atom. The summed E-state index contributed by atoms with van der Waals surface area (Å²) in [4.78, 5) is 1.24. The van der Waals surface area contributed by atoms with E-state index in [9.17, 15) is 0 Å². The number of anilines is 1. The van der Waals surface area contributed by atoms with E-state index in [1.807, 2.05) is 24.3 Å². The maximum Gasteiger partial charge on any atom is 0.145 e. The molecule has 4 heteroatoms. The fourth-order valence-corrected chi connectivity index (χ4v) is 2.20. The second-order valence-corrected chi connectivity index (χ2v) is 5.11. The molecular weight excluding hydrogens is 278 g/mol. The number of nitriles is 2. The fraction of sp³-hybridized carbons (Fsp3) is 0.0588. The monoisotopic (exact) mass is 291 g/mol. The predicted molar refractivity (Wildman–Crippen MR) is 86.6 cm³/mol. The number of benzene rings is 2. The van der Waals surface area contributed by atoms with Crippen LogP contribution in [-0.2, 0) is 0 Å². The summed E-state index contributed by atoms with van der Waals surface area (Å²) in [6, 6.07) is 19.8. The van der Waals surface area contributed by atoms with Crippen molar-refractivity contribution in [3.8, 4) is 23.3 Å². The van der Waals surface area contributed by atoms with Crippen LogP contribution in [0.1, 0.15) is 0 Å². The number of nitrogens with zero attached hydrogens (tertiary/aromatic N) is 2. The third-order valence-electron chi connectivity index (χ3n) is 2.93. The second-order valence-electron chi connectivity index (χ2n) is 4.23. The molecule has 0 aliphatic heterocycles. The number of rotatable bonds is 4. The van der Waals surface area contributed by atoms with Crippen LogP contribution >= 0.6 is 11.8 Å². The molecule has 0 saturated heterocycles. The Kier molecular flexibility index (Phi) is 5.04. The quantitative estimate of drug-likeness (QED) is 0.669. The molecule has 0 aliphatic carbocycles. The molecule has 2 aromatic rings. The zero-order chi connectivity index (χ0) is 15.1. The zero-order valence-electron chi connectivity index (χ0n) is 11.5. The average Bonchev–Trinajstić information content (AvgIpc) is 2.56. The van der Waals surface area contributed by atoms with Gasteiger partial charge in [0.25, 0.3) is 0 Å². The summed E-state index contributed by atoms with van der Waals surface area (Å²) in [5.41, 5.74) is 3.16. The molecule has 2 aromatic carbocycles. The van der Waals surface area contributed by atoms with Crippen molar-refractivity contribution in [2.45, 2.75) is 4.90 Å². The Hall–Kier alpha value is -2.69. The van der Waals surface area contributed by atoms with Crippen LogP contribution in [0.2, 0.25) is 0 Å². The van der Waals surface area contributed by atoms with Gasteiger partial charge in [-0.25, -0.2) is 0 Å². The molecular formula is C17H13N3S. The van der Waals surface area contributed by atoms with Crippen LogP contribution in [0.25, 0.3) is 11.1 Å². The molecule has 0 aliphatic rings. The molecule has 102 valence electrons. The van der Waals surface area contributed by atoms with Gasteiger partial charge in [-0.2, -0.15) is 10.5 Å². The number of hydrogen-bond acceptors (Lipinski definition) is 4. The molecule has 21 heavy (non-hydrogen) atoms. The summed E-state index contributed by atoms with van der Waals surface area (Å²) in [6.07, 6.45) is 3.46. The molecule has 0 unspecified atom stereocenters. The van der Waals surface area contributed by atoms with Crippen LogP contribution in [0.15, 0.2) is 65.2 Å². The van der Waals surface area contributed by atoms with E-state index >= 15 is 0 Å². The van der Waals surface area contributed by atoms with Gasteiger partial charge < -0.3 is 5.32 Å². The van der Waals surface area contributed by atoms with Crippen LogP contribution in [0, 0.1) is 22.7 Å². The first-order valence-corrected chi connectivity index (χ1v) is 7.50. The molecule has 0 amide bonds. The molecule has 3 nitrogen and oxygen atoms in total. The largest absolute Gasteiger partial charge is 0.360 e. The molecule has 0 fully saturated rings. The lowest BCUT2D eigenvalue weighted by molar-refractivity contribution is 1.44. The highest BCUT2D eigenvalue weighted by Crippen LogP contribution is 2.24. The third kappa shape index (κ3) is 3.89. The zero-order valence-corrected chi connectivity index (χ0v) is 12.3. The molecule has 2 rings (SSSR count). The molecule has 0 aromatic heterocycles. The van der Waals surface area contributed by atoms with Crippen LogP contribution < -0.4 is 5.32 Å². The lowest BCUT2D eigenvalue weighted by Crippen LogP contribution is -1.89. The van der Waals surface area contributed by atoms with Gasteiger partial charge in [-0.3, -0.25) is 0 Å². The highest BCUT2D eigenvalue weighted by molar-refractivity contribution is 7.98. The Morgan fingerprint density at radius 1 is 0.952 bits per heavy atom. The summed E-state index contributed by atoms with van der Waals surface area (Å²) < 4.78 is 0. The summed E-state index contributed by atoms with van der Waals surface area (Å²) in [5, 5.41) is 20.2. The van der Waals surface area contributed by atoms with Gasteiger partial charge in [0, 0.05) is 16.8 Å². The SMILES string of the molecule is CSc1ccc(-c2ccc(NC=C(C#N)C#N)cc2)cc1. The fourth-order valence-electron chi connectivity index (χ4n) is 1.79. The van der Waals surface area contributed by atoms with Crippen molar-refractivity contribution in [3.05, 3.63) is 60.3 Å². The number of allylic oxidation sites excluding steroid dienone is 1. The molecule has 0 saturated carbocycles. The van der Waals surface area contributed by atoms with Gasteiger partial charge in [0.1, 0.15) is 17.7 Å².